The molecule has 0 aromatic rings. The summed E-state index contributed by atoms with van der Waals surface area (Å²) in [5, 5.41) is 14.4. The number of hydrogen-bond acceptors (Lipinski definition) is 4. The van der Waals surface area contributed by atoms with E-state index in [9.17, 15) is 19.5 Å². The van der Waals surface area contributed by atoms with Crippen LogP contribution in [0.15, 0.2) is 0 Å². The molecule has 0 heterocycles. The van der Waals surface area contributed by atoms with Crippen molar-refractivity contribution in [2.45, 2.75) is 79.0 Å². The Balaban J connectivity index is 5.13. The zero-order chi connectivity index (χ0) is 19.1. The Morgan fingerprint density at radius 2 is 1.42 bits per heavy atom. The smallest absolute Gasteiger partial charge is 0.408 e. The lowest BCUT2D eigenvalue weighted by atomic mass is 9.95. The SMILES string of the molecule is CCC(C)[C@H](NC(=O)[C@@H](NC(=O)OC(C)(C)C)C(C)CC)C(=O)O. The molecule has 0 saturated heterocycles. The van der Waals surface area contributed by atoms with Crippen molar-refractivity contribution in [1.29, 1.82) is 0 Å². The zero-order valence-electron chi connectivity index (χ0n) is 15.8. The summed E-state index contributed by atoms with van der Waals surface area (Å²) in [6, 6.07) is -1.84. The van der Waals surface area contributed by atoms with Crippen LogP contribution in [-0.4, -0.2) is 40.8 Å². The second-order valence-corrected chi connectivity index (χ2v) is 7.22. The quantitative estimate of drug-likeness (QED) is 0.627. The number of amides is 2. The Bertz CT molecular complexity index is 445. The van der Waals surface area contributed by atoms with Gasteiger partial charge in [-0.2, -0.15) is 0 Å². The van der Waals surface area contributed by atoms with Gasteiger partial charge in [-0.25, -0.2) is 9.59 Å². The maximum absolute atomic E-state index is 12.5. The Morgan fingerprint density at radius 3 is 1.79 bits per heavy atom. The van der Waals surface area contributed by atoms with Crippen LogP contribution in [0.5, 0.6) is 0 Å². The van der Waals surface area contributed by atoms with E-state index < -0.39 is 35.7 Å². The molecule has 0 aromatic carbocycles. The maximum atomic E-state index is 12.5. The summed E-state index contributed by atoms with van der Waals surface area (Å²) in [5.41, 5.74) is -0.680. The molecule has 0 aliphatic rings. The first-order valence-electron chi connectivity index (χ1n) is 8.45. The summed E-state index contributed by atoms with van der Waals surface area (Å²) < 4.78 is 5.19. The average molecular weight is 344 g/mol. The molecule has 0 aliphatic heterocycles. The molecule has 0 aliphatic carbocycles. The van der Waals surface area contributed by atoms with E-state index in [2.05, 4.69) is 10.6 Å². The molecule has 2 amide bonds. The highest BCUT2D eigenvalue weighted by Gasteiger charge is 2.32. The van der Waals surface area contributed by atoms with E-state index in [4.69, 9.17) is 4.74 Å². The summed E-state index contributed by atoms with van der Waals surface area (Å²) in [6.45, 7) is 12.5. The van der Waals surface area contributed by atoms with Crippen molar-refractivity contribution < 1.29 is 24.2 Å². The molecule has 0 fully saturated rings. The van der Waals surface area contributed by atoms with Crippen LogP contribution in [0.4, 0.5) is 4.79 Å². The second kappa shape index (κ2) is 9.49. The van der Waals surface area contributed by atoms with Crippen LogP contribution >= 0.6 is 0 Å². The van der Waals surface area contributed by atoms with Gasteiger partial charge < -0.3 is 20.5 Å². The number of carbonyl (C=O) groups is 3. The van der Waals surface area contributed by atoms with Crippen LogP contribution in [0.2, 0.25) is 0 Å². The lowest BCUT2D eigenvalue weighted by Gasteiger charge is -2.28. The van der Waals surface area contributed by atoms with Gasteiger partial charge in [-0.15, -0.1) is 0 Å². The number of carboxylic acids is 1. The van der Waals surface area contributed by atoms with Crippen molar-refractivity contribution in [3.8, 4) is 0 Å². The number of alkyl carbamates (subject to hydrolysis) is 1. The lowest BCUT2D eigenvalue weighted by Crippen LogP contribution is -2.56. The second-order valence-electron chi connectivity index (χ2n) is 7.22. The van der Waals surface area contributed by atoms with Crippen LogP contribution in [0, 0.1) is 11.8 Å². The predicted octanol–water partition coefficient (Wildman–Crippen LogP) is 2.54. The number of hydrogen-bond donors (Lipinski definition) is 3. The Labute approximate surface area is 144 Å². The summed E-state index contributed by atoms with van der Waals surface area (Å²) in [5.74, 6) is -1.98. The Morgan fingerprint density at radius 1 is 0.958 bits per heavy atom. The van der Waals surface area contributed by atoms with E-state index in [-0.39, 0.29) is 11.8 Å². The van der Waals surface area contributed by atoms with Crippen LogP contribution < -0.4 is 10.6 Å². The zero-order valence-corrected chi connectivity index (χ0v) is 15.8. The van der Waals surface area contributed by atoms with Crippen LogP contribution in [0.1, 0.15) is 61.3 Å². The van der Waals surface area contributed by atoms with E-state index in [0.717, 1.165) is 0 Å². The fraction of sp³-hybridized carbons (Fsp3) is 0.824. The lowest BCUT2D eigenvalue weighted by molar-refractivity contribution is -0.143. The molecule has 0 bridgehead atoms. The minimum Gasteiger partial charge on any atom is -0.480 e. The van der Waals surface area contributed by atoms with Gasteiger partial charge in [0, 0.05) is 0 Å². The van der Waals surface area contributed by atoms with Gasteiger partial charge in [-0.1, -0.05) is 40.5 Å². The fourth-order valence-corrected chi connectivity index (χ4v) is 2.06. The molecular formula is C17H32N2O5. The van der Waals surface area contributed by atoms with Gasteiger partial charge in [-0.05, 0) is 32.6 Å². The van der Waals surface area contributed by atoms with Crippen molar-refractivity contribution in [2.75, 3.05) is 0 Å². The van der Waals surface area contributed by atoms with E-state index in [1.807, 2.05) is 20.8 Å². The highest BCUT2D eigenvalue weighted by Crippen LogP contribution is 2.13. The van der Waals surface area contributed by atoms with E-state index in [1.54, 1.807) is 27.7 Å². The topological polar surface area (TPSA) is 105 Å². The number of carboxylic acid groups (broad SMARTS) is 1. The van der Waals surface area contributed by atoms with Gasteiger partial charge in [0.25, 0.3) is 0 Å². The number of ether oxygens (including phenoxy) is 1. The minimum absolute atomic E-state index is 0.163. The third-order valence-electron chi connectivity index (χ3n) is 3.94. The van der Waals surface area contributed by atoms with Crippen LogP contribution in [0.25, 0.3) is 0 Å². The van der Waals surface area contributed by atoms with E-state index >= 15 is 0 Å². The van der Waals surface area contributed by atoms with Gasteiger partial charge in [0.1, 0.15) is 17.7 Å². The first-order valence-corrected chi connectivity index (χ1v) is 8.45. The monoisotopic (exact) mass is 344 g/mol. The van der Waals surface area contributed by atoms with Crippen molar-refractivity contribution >= 4 is 18.0 Å². The summed E-state index contributed by atoms with van der Waals surface area (Å²) >= 11 is 0. The highest BCUT2D eigenvalue weighted by atomic mass is 16.6. The first kappa shape index (κ1) is 22.2. The van der Waals surface area contributed by atoms with Crippen molar-refractivity contribution in [3.63, 3.8) is 0 Å². The normalized spacial score (nSPS) is 16.5. The standard InChI is InChI=1S/C17H32N2O5/c1-8-10(3)12(19-16(23)24-17(5,6)7)14(20)18-13(15(21)22)11(4)9-2/h10-13H,8-9H2,1-7H3,(H,18,20)(H,19,23)(H,21,22)/t10?,11?,12-,13-/m0/s1. The van der Waals surface area contributed by atoms with Gasteiger partial charge >= 0.3 is 12.1 Å². The molecule has 0 saturated carbocycles. The Hall–Kier alpha value is -1.79. The molecule has 4 atom stereocenters. The first-order chi connectivity index (χ1) is 10.9. The molecule has 140 valence electrons. The van der Waals surface area contributed by atoms with Crippen molar-refractivity contribution in [3.05, 3.63) is 0 Å². The fourth-order valence-electron chi connectivity index (χ4n) is 2.06. The van der Waals surface area contributed by atoms with Crippen LogP contribution in [0.3, 0.4) is 0 Å². The molecule has 2 unspecified atom stereocenters. The van der Waals surface area contributed by atoms with Gasteiger partial charge in [-0.3, -0.25) is 4.79 Å². The molecule has 0 rings (SSSR count). The number of rotatable bonds is 8. The van der Waals surface area contributed by atoms with Crippen molar-refractivity contribution in [1.82, 2.24) is 10.6 Å². The van der Waals surface area contributed by atoms with Crippen molar-refractivity contribution in [2.24, 2.45) is 11.8 Å². The molecule has 0 aromatic heterocycles. The summed E-state index contributed by atoms with van der Waals surface area (Å²) in [4.78, 5) is 35.9. The molecule has 0 radical (unpaired) electrons. The van der Waals surface area contributed by atoms with E-state index in [0.29, 0.717) is 12.8 Å². The Kier molecular flexibility index (Phi) is 8.78. The van der Waals surface area contributed by atoms with E-state index in [1.165, 1.54) is 0 Å². The third kappa shape index (κ3) is 7.66. The molecule has 24 heavy (non-hydrogen) atoms. The maximum Gasteiger partial charge on any atom is 0.408 e. The summed E-state index contributed by atoms with van der Waals surface area (Å²) in [7, 11) is 0. The molecule has 0 spiro atoms. The molecule has 7 heteroatoms. The highest BCUT2D eigenvalue weighted by molar-refractivity contribution is 5.89. The third-order valence-corrected chi connectivity index (χ3v) is 3.94. The van der Waals surface area contributed by atoms with Gasteiger partial charge in [0.05, 0.1) is 0 Å². The van der Waals surface area contributed by atoms with Gasteiger partial charge in [0.2, 0.25) is 5.91 Å². The summed E-state index contributed by atoms with van der Waals surface area (Å²) in [6.07, 6.45) is 0.568. The minimum atomic E-state index is -1.09. The molecule has 3 N–H and O–H groups in total. The number of carbonyl (C=O) groups excluding carboxylic acids is 2. The number of aliphatic carboxylic acids is 1. The molecular weight excluding hydrogens is 312 g/mol. The largest absolute Gasteiger partial charge is 0.480 e. The van der Waals surface area contributed by atoms with Crippen LogP contribution in [-0.2, 0) is 14.3 Å². The molecule has 7 nitrogen and oxygen atoms in total. The number of nitrogens with one attached hydrogen (secondary N) is 2. The average Bonchev–Trinajstić information content (AvgIpc) is 2.46. The predicted molar refractivity (Wildman–Crippen MR) is 91.6 cm³/mol. The van der Waals surface area contributed by atoms with Gasteiger partial charge in [0.15, 0.2) is 0 Å².